The summed E-state index contributed by atoms with van der Waals surface area (Å²) in [5, 5.41) is 1.37. The van der Waals surface area contributed by atoms with E-state index in [1.165, 1.54) is 23.0 Å². The van der Waals surface area contributed by atoms with Crippen molar-refractivity contribution in [3.05, 3.63) is 52.8 Å². The molecule has 1 aliphatic rings. The lowest BCUT2D eigenvalue weighted by molar-refractivity contribution is -0.129. The van der Waals surface area contributed by atoms with Gasteiger partial charge < -0.3 is 14.7 Å². The molecule has 0 radical (unpaired) electrons. The van der Waals surface area contributed by atoms with Crippen LogP contribution >= 0.6 is 22.9 Å². The van der Waals surface area contributed by atoms with Crippen LogP contribution in [0.5, 0.6) is 0 Å². The van der Waals surface area contributed by atoms with E-state index in [4.69, 9.17) is 11.6 Å². The SMILES string of the molecule is Cc1ccc(Cl)cc1N1CCN(C(=O)CN(C)c2nc3c(F)cccc3s2)CC1. The van der Waals surface area contributed by atoms with E-state index in [-0.39, 0.29) is 18.3 Å². The van der Waals surface area contributed by atoms with E-state index in [9.17, 15) is 9.18 Å². The summed E-state index contributed by atoms with van der Waals surface area (Å²) in [5.74, 6) is -0.285. The van der Waals surface area contributed by atoms with Crippen molar-refractivity contribution in [1.82, 2.24) is 9.88 Å². The Morgan fingerprint density at radius 3 is 2.72 bits per heavy atom. The van der Waals surface area contributed by atoms with Crippen molar-refractivity contribution in [2.45, 2.75) is 6.92 Å². The van der Waals surface area contributed by atoms with E-state index in [2.05, 4.69) is 16.8 Å². The zero-order valence-electron chi connectivity index (χ0n) is 16.4. The fourth-order valence-electron chi connectivity index (χ4n) is 3.56. The number of likely N-dealkylation sites (N-methyl/N-ethyl adjacent to an activating group) is 1. The maximum atomic E-state index is 13.9. The topological polar surface area (TPSA) is 39.7 Å². The van der Waals surface area contributed by atoms with Crippen molar-refractivity contribution >= 4 is 49.9 Å². The number of hydrogen-bond acceptors (Lipinski definition) is 5. The first kappa shape index (κ1) is 19.9. The fourth-order valence-corrected chi connectivity index (χ4v) is 4.66. The highest BCUT2D eigenvalue weighted by Crippen LogP contribution is 2.30. The number of halogens is 2. The third kappa shape index (κ3) is 4.16. The number of anilines is 2. The first-order valence-electron chi connectivity index (χ1n) is 9.47. The average molecular weight is 433 g/mol. The van der Waals surface area contributed by atoms with Gasteiger partial charge in [0.05, 0.1) is 11.2 Å². The minimum atomic E-state index is -0.336. The molecule has 0 saturated carbocycles. The molecule has 4 rings (SSSR count). The van der Waals surface area contributed by atoms with Crippen LogP contribution in [0.3, 0.4) is 0 Å². The van der Waals surface area contributed by atoms with Crippen LogP contribution in [0.2, 0.25) is 5.02 Å². The van der Waals surface area contributed by atoms with E-state index >= 15 is 0 Å². The highest BCUT2D eigenvalue weighted by Gasteiger charge is 2.24. The van der Waals surface area contributed by atoms with Gasteiger partial charge in [0.2, 0.25) is 5.91 Å². The fraction of sp³-hybridized carbons (Fsp3) is 0.333. The quantitative estimate of drug-likeness (QED) is 0.620. The normalized spacial score (nSPS) is 14.5. The number of hydrogen-bond donors (Lipinski definition) is 0. The van der Waals surface area contributed by atoms with Gasteiger partial charge in [-0.15, -0.1) is 0 Å². The standard InChI is InChI=1S/C21H22ClFN4OS/c1-14-6-7-15(22)12-17(14)26-8-10-27(11-9-26)19(28)13-25(2)21-24-20-16(23)4-3-5-18(20)29-21/h3-7,12H,8-11,13H2,1-2H3. The van der Waals surface area contributed by atoms with E-state index in [1.807, 2.05) is 36.2 Å². The molecule has 0 N–H and O–H groups in total. The summed E-state index contributed by atoms with van der Waals surface area (Å²) < 4.78 is 14.7. The molecule has 1 fully saturated rings. The predicted molar refractivity (Wildman–Crippen MR) is 118 cm³/mol. The summed E-state index contributed by atoms with van der Waals surface area (Å²) in [6, 6.07) is 10.8. The Kier molecular flexibility index (Phi) is 5.61. The van der Waals surface area contributed by atoms with Crippen LogP contribution < -0.4 is 9.80 Å². The van der Waals surface area contributed by atoms with Crippen LogP contribution in [0.4, 0.5) is 15.2 Å². The Morgan fingerprint density at radius 1 is 1.24 bits per heavy atom. The molecule has 2 aromatic carbocycles. The summed E-state index contributed by atoms with van der Waals surface area (Å²) in [4.78, 5) is 23.1. The number of aryl methyl sites for hydroxylation is 1. The highest BCUT2D eigenvalue weighted by molar-refractivity contribution is 7.22. The van der Waals surface area contributed by atoms with Crippen LogP contribution in [0.15, 0.2) is 36.4 Å². The van der Waals surface area contributed by atoms with Crippen LogP contribution in [-0.2, 0) is 4.79 Å². The summed E-state index contributed by atoms with van der Waals surface area (Å²) in [6.07, 6.45) is 0. The van der Waals surface area contributed by atoms with Gasteiger partial charge in [-0.05, 0) is 36.8 Å². The molecule has 0 bridgehead atoms. The number of rotatable bonds is 4. The predicted octanol–water partition coefficient (Wildman–Crippen LogP) is 4.18. The molecule has 1 aliphatic heterocycles. The van der Waals surface area contributed by atoms with Gasteiger partial charge in [0.15, 0.2) is 5.13 Å². The van der Waals surface area contributed by atoms with Crippen molar-refractivity contribution in [2.24, 2.45) is 0 Å². The first-order chi connectivity index (χ1) is 13.9. The van der Waals surface area contributed by atoms with Gasteiger partial charge in [0.1, 0.15) is 11.3 Å². The Bertz CT molecular complexity index is 1050. The number of aromatic nitrogens is 1. The molecule has 1 aromatic heterocycles. The van der Waals surface area contributed by atoms with E-state index in [0.29, 0.717) is 23.7 Å². The number of nitrogens with zero attached hydrogens (tertiary/aromatic N) is 4. The molecule has 0 aliphatic carbocycles. The molecule has 3 aromatic rings. The van der Waals surface area contributed by atoms with Crippen molar-refractivity contribution in [1.29, 1.82) is 0 Å². The smallest absolute Gasteiger partial charge is 0.242 e. The van der Waals surface area contributed by atoms with Crippen LogP contribution in [0.1, 0.15) is 5.56 Å². The number of fused-ring (bicyclic) bond motifs is 1. The minimum Gasteiger partial charge on any atom is -0.368 e. The molecule has 29 heavy (non-hydrogen) atoms. The van der Waals surface area contributed by atoms with Crippen molar-refractivity contribution < 1.29 is 9.18 Å². The van der Waals surface area contributed by atoms with E-state index in [1.54, 1.807) is 11.0 Å². The molecule has 1 saturated heterocycles. The van der Waals surface area contributed by atoms with Crippen LogP contribution in [-0.4, -0.2) is 55.6 Å². The number of carbonyl (C=O) groups is 1. The lowest BCUT2D eigenvalue weighted by atomic mass is 10.1. The lowest BCUT2D eigenvalue weighted by Crippen LogP contribution is -2.51. The Hall–Kier alpha value is -2.38. The first-order valence-corrected chi connectivity index (χ1v) is 10.7. The Morgan fingerprint density at radius 2 is 2.00 bits per heavy atom. The molecular formula is C21H22ClFN4OS. The Labute approximate surface area is 178 Å². The molecular weight excluding hydrogens is 411 g/mol. The lowest BCUT2D eigenvalue weighted by Gasteiger charge is -2.37. The number of para-hydroxylation sites is 1. The van der Waals surface area contributed by atoms with Gasteiger partial charge >= 0.3 is 0 Å². The second kappa shape index (κ2) is 8.16. The third-order valence-electron chi connectivity index (χ3n) is 5.20. The molecule has 8 heteroatoms. The number of thiazole rings is 1. The number of amides is 1. The molecule has 152 valence electrons. The largest absolute Gasteiger partial charge is 0.368 e. The zero-order valence-corrected chi connectivity index (χ0v) is 17.9. The minimum absolute atomic E-state index is 0.0506. The van der Waals surface area contributed by atoms with Gasteiger partial charge in [-0.25, -0.2) is 9.37 Å². The number of benzene rings is 2. The second-order valence-corrected chi connectivity index (χ2v) is 8.68. The second-order valence-electron chi connectivity index (χ2n) is 7.24. The Balaban J connectivity index is 1.38. The van der Waals surface area contributed by atoms with Crippen molar-refractivity contribution in [3.63, 3.8) is 0 Å². The van der Waals surface area contributed by atoms with Gasteiger partial charge in [0.25, 0.3) is 0 Å². The molecule has 5 nitrogen and oxygen atoms in total. The summed E-state index contributed by atoms with van der Waals surface area (Å²) in [7, 11) is 1.82. The highest BCUT2D eigenvalue weighted by atomic mass is 35.5. The molecule has 1 amide bonds. The summed E-state index contributed by atoms with van der Waals surface area (Å²) in [5.41, 5.74) is 2.66. The van der Waals surface area contributed by atoms with E-state index < -0.39 is 0 Å². The molecule has 0 spiro atoms. The zero-order chi connectivity index (χ0) is 20.5. The average Bonchev–Trinajstić information content (AvgIpc) is 3.16. The summed E-state index contributed by atoms with van der Waals surface area (Å²) >= 11 is 7.54. The monoisotopic (exact) mass is 432 g/mol. The van der Waals surface area contributed by atoms with Crippen LogP contribution in [0, 0.1) is 12.7 Å². The maximum Gasteiger partial charge on any atom is 0.242 e. The molecule has 0 atom stereocenters. The number of carbonyl (C=O) groups excluding carboxylic acids is 1. The maximum absolute atomic E-state index is 13.9. The van der Waals surface area contributed by atoms with E-state index in [0.717, 1.165) is 28.5 Å². The third-order valence-corrected chi connectivity index (χ3v) is 6.57. The molecule has 2 heterocycles. The summed E-state index contributed by atoms with van der Waals surface area (Å²) in [6.45, 7) is 5.14. The van der Waals surface area contributed by atoms with Gasteiger partial charge in [-0.3, -0.25) is 4.79 Å². The van der Waals surface area contributed by atoms with Crippen LogP contribution in [0.25, 0.3) is 10.2 Å². The number of piperazine rings is 1. The molecule has 0 unspecified atom stereocenters. The van der Waals surface area contributed by atoms with Gasteiger partial charge in [-0.1, -0.05) is 35.1 Å². The van der Waals surface area contributed by atoms with Gasteiger partial charge in [-0.2, -0.15) is 0 Å². The van der Waals surface area contributed by atoms with Crippen molar-refractivity contribution in [3.8, 4) is 0 Å². The van der Waals surface area contributed by atoms with Crippen molar-refractivity contribution in [2.75, 3.05) is 49.6 Å². The van der Waals surface area contributed by atoms with Gasteiger partial charge in [0, 0.05) is 43.9 Å².